The Morgan fingerprint density at radius 1 is 1.11 bits per heavy atom. The Kier molecular flexibility index (Phi) is 7.49. The number of H-pyrrole nitrogens is 1. The summed E-state index contributed by atoms with van der Waals surface area (Å²) in [5, 5.41) is 16.6. The number of nitrogens with one attached hydrogen (secondary N) is 3. The van der Waals surface area contributed by atoms with Crippen molar-refractivity contribution >= 4 is 28.5 Å². The fraction of sp³-hybridized carbons (Fsp3) is 0.517. The van der Waals surface area contributed by atoms with Gasteiger partial charge < -0.3 is 20.7 Å². The standard InChI is InChI=1S/C29H38N6O3/c1-29(2,3)18-9-11-20(12-10-18)35(28(38)23-13-21(36)14-31-23)26(27(37)34-19-7-5-4-6-8-19)22-15-30-16-24-25(22)33-17-32-24/h9-12,15-17,19,21,23,26,31,36H,4-8,13-14H2,1-3H3,(H,32,33)(H,34,37)/t21-,23-,26?/m1/s1. The van der Waals surface area contributed by atoms with Crippen LogP contribution < -0.4 is 15.5 Å². The first-order valence-corrected chi connectivity index (χ1v) is 13.6. The van der Waals surface area contributed by atoms with Crippen LogP contribution in [0, 0.1) is 0 Å². The molecule has 0 bridgehead atoms. The molecule has 2 fully saturated rings. The van der Waals surface area contributed by atoms with Crippen molar-refractivity contribution in [3.63, 3.8) is 0 Å². The van der Waals surface area contributed by atoms with Gasteiger partial charge in [0.25, 0.3) is 0 Å². The third-order valence-corrected chi connectivity index (χ3v) is 7.77. The van der Waals surface area contributed by atoms with Gasteiger partial charge in [0.1, 0.15) is 6.04 Å². The topological polar surface area (TPSA) is 123 Å². The van der Waals surface area contributed by atoms with Crippen molar-refractivity contribution < 1.29 is 14.7 Å². The monoisotopic (exact) mass is 518 g/mol. The molecule has 2 aromatic heterocycles. The Labute approximate surface area is 223 Å². The van der Waals surface area contributed by atoms with Crippen LogP contribution in [0.1, 0.15) is 76.5 Å². The van der Waals surface area contributed by atoms with Gasteiger partial charge in [-0.05, 0) is 42.4 Å². The van der Waals surface area contributed by atoms with Crippen LogP contribution in [0.2, 0.25) is 0 Å². The number of aliphatic hydroxyl groups is 1. The third kappa shape index (κ3) is 5.44. The summed E-state index contributed by atoms with van der Waals surface area (Å²) in [7, 11) is 0. The van der Waals surface area contributed by atoms with E-state index < -0.39 is 18.2 Å². The lowest BCUT2D eigenvalue weighted by Crippen LogP contribution is -2.51. The van der Waals surface area contributed by atoms with Crippen molar-refractivity contribution in [3.05, 3.63) is 54.1 Å². The van der Waals surface area contributed by atoms with Crippen LogP contribution in [0.4, 0.5) is 5.69 Å². The number of carbonyl (C=O) groups excluding carboxylic acids is 2. The molecule has 0 spiro atoms. The van der Waals surface area contributed by atoms with Crippen LogP contribution in [0.5, 0.6) is 0 Å². The molecule has 1 unspecified atom stereocenters. The minimum atomic E-state index is -0.982. The van der Waals surface area contributed by atoms with E-state index in [1.165, 1.54) is 6.42 Å². The van der Waals surface area contributed by atoms with Crippen molar-refractivity contribution in [2.75, 3.05) is 11.4 Å². The Morgan fingerprint density at radius 2 is 1.84 bits per heavy atom. The molecule has 2 amide bonds. The number of pyridine rings is 1. The van der Waals surface area contributed by atoms with Crippen molar-refractivity contribution in [1.82, 2.24) is 25.6 Å². The predicted octanol–water partition coefficient (Wildman–Crippen LogP) is 3.50. The van der Waals surface area contributed by atoms with Gasteiger partial charge in [0.15, 0.2) is 0 Å². The summed E-state index contributed by atoms with van der Waals surface area (Å²) in [6.45, 7) is 6.75. The maximum atomic E-state index is 14.2. The van der Waals surface area contributed by atoms with Crippen LogP contribution in [0.3, 0.4) is 0 Å². The number of rotatable bonds is 6. The average Bonchev–Trinajstić information content (AvgIpc) is 3.56. The summed E-state index contributed by atoms with van der Waals surface area (Å²) in [4.78, 5) is 41.9. The zero-order chi connectivity index (χ0) is 26.9. The van der Waals surface area contributed by atoms with E-state index in [1.54, 1.807) is 23.6 Å². The van der Waals surface area contributed by atoms with Crippen molar-refractivity contribution in [2.45, 2.75) is 88.9 Å². The second kappa shape index (κ2) is 10.8. The molecule has 2 aliphatic rings. The normalized spacial score (nSPS) is 21.4. The highest BCUT2D eigenvalue weighted by Gasteiger charge is 2.40. The van der Waals surface area contributed by atoms with E-state index >= 15 is 0 Å². The molecule has 1 aliphatic heterocycles. The lowest BCUT2D eigenvalue weighted by atomic mass is 9.87. The number of amides is 2. The van der Waals surface area contributed by atoms with Crippen LogP contribution >= 0.6 is 0 Å². The molecule has 202 valence electrons. The van der Waals surface area contributed by atoms with Crippen LogP contribution in [0.25, 0.3) is 11.0 Å². The molecule has 3 heterocycles. The van der Waals surface area contributed by atoms with Crippen LogP contribution in [-0.4, -0.2) is 56.6 Å². The smallest absolute Gasteiger partial charge is 0.248 e. The summed E-state index contributed by atoms with van der Waals surface area (Å²) in [5.41, 5.74) is 3.54. The lowest BCUT2D eigenvalue weighted by molar-refractivity contribution is -0.128. The Balaban J connectivity index is 1.62. The molecule has 1 aromatic carbocycles. The van der Waals surface area contributed by atoms with Gasteiger partial charge >= 0.3 is 0 Å². The number of nitrogens with zero attached hydrogens (tertiary/aromatic N) is 3. The van der Waals surface area contributed by atoms with Crippen LogP contribution in [-0.2, 0) is 15.0 Å². The molecule has 3 atom stereocenters. The molecule has 3 aromatic rings. The molecule has 38 heavy (non-hydrogen) atoms. The van der Waals surface area contributed by atoms with Crippen molar-refractivity contribution in [2.24, 2.45) is 0 Å². The lowest BCUT2D eigenvalue weighted by Gasteiger charge is -2.35. The summed E-state index contributed by atoms with van der Waals surface area (Å²) in [5.74, 6) is -0.512. The summed E-state index contributed by atoms with van der Waals surface area (Å²) >= 11 is 0. The molecule has 9 heteroatoms. The van der Waals surface area contributed by atoms with E-state index in [1.807, 2.05) is 24.3 Å². The largest absolute Gasteiger partial charge is 0.392 e. The number of aromatic amines is 1. The number of imidazole rings is 1. The number of benzene rings is 1. The first-order chi connectivity index (χ1) is 18.2. The highest BCUT2D eigenvalue weighted by molar-refractivity contribution is 6.05. The predicted molar refractivity (Wildman–Crippen MR) is 147 cm³/mol. The minimum absolute atomic E-state index is 0.0627. The van der Waals surface area contributed by atoms with Crippen molar-refractivity contribution in [1.29, 1.82) is 0 Å². The zero-order valence-corrected chi connectivity index (χ0v) is 22.4. The number of hydrogen-bond acceptors (Lipinski definition) is 6. The summed E-state index contributed by atoms with van der Waals surface area (Å²) in [6, 6.07) is 6.31. The first-order valence-electron chi connectivity index (χ1n) is 13.6. The van der Waals surface area contributed by atoms with Crippen molar-refractivity contribution in [3.8, 4) is 0 Å². The maximum Gasteiger partial charge on any atom is 0.248 e. The second-order valence-electron chi connectivity index (χ2n) is 11.6. The molecule has 1 saturated heterocycles. The molecule has 1 aliphatic carbocycles. The number of aliphatic hydroxyl groups excluding tert-OH is 1. The number of carbonyl (C=O) groups is 2. The first kappa shape index (κ1) is 26.3. The molecule has 4 N–H and O–H groups in total. The SMILES string of the molecule is CC(C)(C)c1ccc(N(C(=O)[C@H]2C[C@@H](O)CN2)C(C(=O)NC2CCCCC2)c2cncc3[nH]cnc23)cc1. The van der Waals surface area contributed by atoms with E-state index in [0.29, 0.717) is 28.8 Å². The molecule has 0 radical (unpaired) electrons. The van der Waals surface area contributed by atoms with Crippen LogP contribution in [0.15, 0.2) is 43.0 Å². The van der Waals surface area contributed by atoms with Gasteiger partial charge in [0.05, 0.1) is 35.7 Å². The Bertz CT molecular complexity index is 1280. The van der Waals surface area contributed by atoms with E-state index in [-0.39, 0.29) is 29.7 Å². The molecular formula is C29H38N6O3. The van der Waals surface area contributed by atoms with E-state index in [0.717, 1.165) is 31.2 Å². The molecule has 5 rings (SSSR count). The summed E-state index contributed by atoms with van der Waals surface area (Å²) in [6.07, 6.45) is 9.73. The average molecular weight is 519 g/mol. The Hall–Kier alpha value is -3.30. The molecule has 1 saturated carbocycles. The van der Waals surface area contributed by atoms with Gasteiger partial charge in [-0.2, -0.15) is 0 Å². The number of hydrogen-bond donors (Lipinski definition) is 4. The fourth-order valence-electron chi connectivity index (χ4n) is 5.61. The van der Waals surface area contributed by atoms with Gasteiger partial charge in [-0.25, -0.2) is 4.98 Å². The van der Waals surface area contributed by atoms with Gasteiger partial charge in [0.2, 0.25) is 11.8 Å². The second-order valence-corrected chi connectivity index (χ2v) is 11.6. The highest BCUT2D eigenvalue weighted by Crippen LogP contribution is 2.34. The fourth-order valence-corrected chi connectivity index (χ4v) is 5.61. The maximum absolute atomic E-state index is 14.2. The molecule has 9 nitrogen and oxygen atoms in total. The summed E-state index contributed by atoms with van der Waals surface area (Å²) < 4.78 is 0. The quantitative estimate of drug-likeness (QED) is 0.396. The number of β-amino-alcohol motifs (C(OH)–C–C–N with tert-alkyl or cyclic N) is 1. The van der Waals surface area contributed by atoms with Gasteiger partial charge in [-0.3, -0.25) is 19.5 Å². The number of aromatic nitrogens is 3. The van der Waals surface area contributed by atoms with Gasteiger partial charge in [0, 0.05) is 30.0 Å². The number of anilines is 1. The van der Waals surface area contributed by atoms with Gasteiger partial charge in [-0.15, -0.1) is 0 Å². The zero-order valence-electron chi connectivity index (χ0n) is 22.4. The van der Waals surface area contributed by atoms with E-state index in [9.17, 15) is 14.7 Å². The Morgan fingerprint density at radius 3 is 2.50 bits per heavy atom. The van der Waals surface area contributed by atoms with E-state index in [4.69, 9.17) is 0 Å². The third-order valence-electron chi connectivity index (χ3n) is 7.77. The van der Waals surface area contributed by atoms with E-state index in [2.05, 4.69) is 46.4 Å². The van der Waals surface area contributed by atoms with Gasteiger partial charge in [-0.1, -0.05) is 52.2 Å². The highest BCUT2D eigenvalue weighted by atomic mass is 16.3. The number of fused-ring (bicyclic) bond motifs is 1. The minimum Gasteiger partial charge on any atom is -0.392 e. The molecular weight excluding hydrogens is 480 g/mol.